The summed E-state index contributed by atoms with van der Waals surface area (Å²) in [6, 6.07) is 5.68. The van der Waals surface area contributed by atoms with Gasteiger partial charge in [-0.25, -0.2) is 0 Å². The number of aliphatic hydroxyl groups excluding tert-OH is 1. The number of anilines is 1. The molecule has 4 heteroatoms. The van der Waals surface area contributed by atoms with E-state index in [9.17, 15) is 0 Å². The van der Waals surface area contributed by atoms with E-state index in [1.54, 1.807) is 0 Å². The van der Waals surface area contributed by atoms with Gasteiger partial charge in [-0.05, 0) is 25.5 Å². The average Bonchev–Trinajstić information content (AvgIpc) is 2.26. The van der Waals surface area contributed by atoms with Gasteiger partial charge in [-0.3, -0.25) is 5.41 Å². The highest BCUT2D eigenvalue weighted by Crippen LogP contribution is 2.25. The van der Waals surface area contributed by atoms with Crippen molar-refractivity contribution in [2.45, 2.75) is 19.9 Å². The molecule has 4 N–H and O–H groups in total. The highest BCUT2D eigenvalue weighted by Gasteiger charge is 2.16. The average molecular weight is 221 g/mol. The first-order chi connectivity index (χ1) is 7.49. The zero-order valence-electron chi connectivity index (χ0n) is 9.99. The second-order valence-corrected chi connectivity index (χ2v) is 4.03. The zero-order valence-corrected chi connectivity index (χ0v) is 9.99. The molecule has 0 saturated carbocycles. The first-order valence-corrected chi connectivity index (χ1v) is 5.26. The molecule has 0 aliphatic heterocycles. The van der Waals surface area contributed by atoms with E-state index < -0.39 is 0 Å². The van der Waals surface area contributed by atoms with Crippen LogP contribution in [0.3, 0.4) is 0 Å². The maximum absolute atomic E-state index is 9.16. The number of likely N-dealkylation sites (N-methyl/N-ethyl adjacent to an activating group) is 1. The van der Waals surface area contributed by atoms with Gasteiger partial charge >= 0.3 is 0 Å². The Labute approximate surface area is 96.2 Å². The van der Waals surface area contributed by atoms with Crippen LogP contribution in [0.2, 0.25) is 0 Å². The van der Waals surface area contributed by atoms with Crippen LogP contribution in [0.1, 0.15) is 18.1 Å². The maximum Gasteiger partial charge on any atom is 0.124 e. The molecular formula is C12H19N3O. The monoisotopic (exact) mass is 221 g/mol. The van der Waals surface area contributed by atoms with Gasteiger partial charge in [0.2, 0.25) is 0 Å². The number of rotatable bonds is 4. The molecule has 88 valence electrons. The summed E-state index contributed by atoms with van der Waals surface area (Å²) < 4.78 is 0. The van der Waals surface area contributed by atoms with Gasteiger partial charge in [0.05, 0.1) is 12.3 Å². The van der Waals surface area contributed by atoms with Crippen LogP contribution in [-0.4, -0.2) is 30.6 Å². The van der Waals surface area contributed by atoms with Gasteiger partial charge in [0.1, 0.15) is 5.84 Å². The predicted molar refractivity (Wildman–Crippen MR) is 67.1 cm³/mol. The normalized spacial score (nSPS) is 12.2. The van der Waals surface area contributed by atoms with E-state index in [1.807, 2.05) is 44.0 Å². The third kappa shape index (κ3) is 2.33. The molecule has 1 atom stereocenters. The lowest BCUT2D eigenvalue weighted by Gasteiger charge is -2.29. The molecule has 1 unspecified atom stereocenters. The van der Waals surface area contributed by atoms with Gasteiger partial charge in [-0.2, -0.15) is 0 Å². The summed E-state index contributed by atoms with van der Waals surface area (Å²) in [6.07, 6.45) is 0. The van der Waals surface area contributed by atoms with Gasteiger partial charge in [0.25, 0.3) is 0 Å². The summed E-state index contributed by atoms with van der Waals surface area (Å²) >= 11 is 0. The first-order valence-electron chi connectivity index (χ1n) is 5.26. The summed E-state index contributed by atoms with van der Waals surface area (Å²) in [6.45, 7) is 3.97. The Hall–Kier alpha value is -1.55. The summed E-state index contributed by atoms with van der Waals surface area (Å²) in [4.78, 5) is 1.95. The van der Waals surface area contributed by atoms with Gasteiger partial charge in [-0.15, -0.1) is 0 Å². The third-order valence-electron chi connectivity index (χ3n) is 2.81. The van der Waals surface area contributed by atoms with Crippen LogP contribution in [0, 0.1) is 12.3 Å². The lowest BCUT2D eigenvalue weighted by atomic mass is 10.0. The number of benzene rings is 1. The minimum absolute atomic E-state index is 0.000741. The largest absolute Gasteiger partial charge is 0.394 e. The van der Waals surface area contributed by atoms with E-state index in [-0.39, 0.29) is 18.5 Å². The van der Waals surface area contributed by atoms with Gasteiger partial charge in [-0.1, -0.05) is 12.1 Å². The summed E-state index contributed by atoms with van der Waals surface area (Å²) in [5.41, 5.74) is 8.23. The van der Waals surface area contributed by atoms with Crippen molar-refractivity contribution in [1.82, 2.24) is 0 Å². The fourth-order valence-electron chi connectivity index (χ4n) is 1.69. The number of nitrogen functional groups attached to an aromatic ring is 1. The molecule has 0 aliphatic rings. The second kappa shape index (κ2) is 4.99. The Morgan fingerprint density at radius 2 is 2.19 bits per heavy atom. The first kappa shape index (κ1) is 12.5. The zero-order chi connectivity index (χ0) is 12.3. The Morgan fingerprint density at radius 1 is 1.56 bits per heavy atom. The predicted octanol–water partition coefficient (Wildman–Crippen LogP) is 1.10. The molecule has 0 heterocycles. The van der Waals surface area contributed by atoms with Crippen molar-refractivity contribution in [2.24, 2.45) is 5.73 Å². The number of hydrogen-bond donors (Lipinski definition) is 3. The minimum Gasteiger partial charge on any atom is -0.394 e. The number of hydrogen-bond acceptors (Lipinski definition) is 3. The van der Waals surface area contributed by atoms with Crippen molar-refractivity contribution in [1.29, 1.82) is 5.41 Å². The second-order valence-electron chi connectivity index (χ2n) is 4.03. The van der Waals surface area contributed by atoms with Crippen LogP contribution in [0.25, 0.3) is 0 Å². The Bertz CT molecular complexity index is 390. The Kier molecular flexibility index (Phi) is 3.90. The molecule has 0 fully saturated rings. The third-order valence-corrected chi connectivity index (χ3v) is 2.81. The molecule has 4 nitrogen and oxygen atoms in total. The Morgan fingerprint density at radius 3 is 2.69 bits per heavy atom. The highest BCUT2D eigenvalue weighted by atomic mass is 16.3. The number of amidine groups is 1. The van der Waals surface area contributed by atoms with Crippen LogP contribution in [0.15, 0.2) is 18.2 Å². The molecule has 0 saturated heterocycles. The van der Waals surface area contributed by atoms with Crippen molar-refractivity contribution in [3.8, 4) is 0 Å². The SMILES string of the molecule is Cc1cccc(C(=N)N)c1N(C)C(C)CO. The van der Waals surface area contributed by atoms with Gasteiger partial charge in [0.15, 0.2) is 0 Å². The summed E-state index contributed by atoms with van der Waals surface area (Å²) in [5, 5.41) is 16.7. The van der Waals surface area contributed by atoms with E-state index in [0.29, 0.717) is 5.56 Å². The lowest BCUT2D eigenvalue weighted by Crippen LogP contribution is -2.34. The van der Waals surface area contributed by atoms with Crippen LogP contribution >= 0.6 is 0 Å². The van der Waals surface area contributed by atoms with Gasteiger partial charge < -0.3 is 15.7 Å². The van der Waals surface area contributed by atoms with E-state index in [1.165, 1.54) is 0 Å². The minimum atomic E-state index is -0.000741. The molecule has 0 bridgehead atoms. The van der Waals surface area contributed by atoms with Crippen LogP contribution in [-0.2, 0) is 0 Å². The smallest absolute Gasteiger partial charge is 0.124 e. The quantitative estimate of drug-likeness (QED) is 0.526. The van der Waals surface area contributed by atoms with E-state index in [2.05, 4.69) is 0 Å². The van der Waals surface area contributed by atoms with E-state index >= 15 is 0 Å². The van der Waals surface area contributed by atoms with Crippen LogP contribution < -0.4 is 10.6 Å². The number of para-hydroxylation sites is 1. The molecule has 0 aromatic heterocycles. The number of aryl methyl sites for hydroxylation is 1. The van der Waals surface area contributed by atoms with E-state index in [0.717, 1.165) is 11.3 Å². The molecular weight excluding hydrogens is 202 g/mol. The van der Waals surface area contributed by atoms with Crippen LogP contribution in [0.4, 0.5) is 5.69 Å². The topological polar surface area (TPSA) is 73.3 Å². The number of nitrogens with zero attached hydrogens (tertiary/aromatic N) is 1. The molecule has 0 radical (unpaired) electrons. The van der Waals surface area contributed by atoms with Crippen LogP contribution in [0.5, 0.6) is 0 Å². The highest BCUT2D eigenvalue weighted by molar-refractivity contribution is 6.01. The molecule has 0 aliphatic carbocycles. The standard InChI is InChI=1S/C12H19N3O/c1-8-5-4-6-10(12(13)14)11(8)15(3)9(2)7-16/h4-6,9,16H,7H2,1-3H3,(H3,13,14). The molecule has 0 amide bonds. The van der Waals surface area contributed by atoms with Crippen molar-refractivity contribution in [3.63, 3.8) is 0 Å². The number of aliphatic hydroxyl groups is 1. The lowest BCUT2D eigenvalue weighted by molar-refractivity contribution is 0.270. The molecule has 1 aromatic carbocycles. The number of nitrogens with two attached hydrogens (primary N) is 1. The molecule has 16 heavy (non-hydrogen) atoms. The van der Waals surface area contributed by atoms with Gasteiger partial charge in [0, 0.05) is 18.7 Å². The summed E-state index contributed by atoms with van der Waals surface area (Å²) in [7, 11) is 1.90. The number of nitrogens with one attached hydrogen (secondary N) is 1. The summed E-state index contributed by atoms with van der Waals surface area (Å²) in [5.74, 6) is 0.0516. The molecule has 0 spiro atoms. The van der Waals surface area contributed by atoms with Crippen molar-refractivity contribution in [2.75, 3.05) is 18.6 Å². The molecule has 1 aromatic rings. The maximum atomic E-state index is 9.16. The van der Waals surface area contributed by atoms with Crippen molar-refractivity contribution in [3.05, 3.63) is 29.3 Å². The van der Waals surface area contributed by atoms with E-state index in [4.69, 9.17) is 16.2 Å². The van der Waals surface area contributed by atoms with Crippen molar-refractivity contribution >= 4 is 11.5 Å². The fraction of sp³-hybridized carbons (Fsp3) is 0.417. The fourth-order valence-corrected chi connectivity index (χ4v) is 1.69. The Balaban J connectivity index is 3.24. The molecule has 1 rings (SSSR count). The van der Waals surface area contributed by atoms with Crippen molar-refractivity contribution < 1.29 is 5.11 Å².